The molecular formula is C38H32F2GeIrN2S-2. The van der Waals surface area contributed by atoms with Crippen LogP contribution in [0.3, 0.4) is 0 Å². The first-order valence-electron chi connectivity index (χ1n) is 15.0. The number of hydrogen-bond acceptors (Lipinski definition) is 3. The Bertz CT molecular complexity index is 2160. The fourth-order valence-corrected chi connectivity index (χ4v) is 8.75. The standard InChI is InChI=1S/C24H16F2NS.C14H16GeN.Ir/c1-13(2)14-11-12-27-22(21(14)26)19-7-3-5-17-18-10-9-15-16(6-4-8-20(15)25)23(18)28-24(17)19;1-15(2,3)13-9-10-14(16-11-13)12-7-5-4-6-8-12;/h3-6,8-13H,1-2H3;4-7,9-11H,1-3H3;/q2*-1;/i13D;;. The first kappa shape index (κ1) is 31.7. The smallest absolute Gasteiger partial charge is 0 e. The third-order valence-electron chi connectivity index (χ3n) is 7.68. The van der Waals surface area contributed by atoms with Gasteiger partial charge in [0.2, 0.25) is 0 Å². The molecule has 0 saturated carbocycles. The molecule has 7 rings (SSSR count). The molecule has 2 nitrogen and oxygen atoms in total. The largest absolute Gasteiger partial charge is 0 e. The molecule has 7 aromatic rings. The summed E-state index contributed by atoms with van der Waals surface area (Å²) in [6.07, 6.45) is 3.57. The van der Waals surface area contributed by atoms with Crippen molar-refractivity contribution in [2.24, 2.45) is 0 Å². The molecule has 0 amide bonds. The zero-order chi connectivity index (χ0) is 31.9. The van der Waals surface area contributed by atoms with Crippen molar-refractivity contribution in [3.8, 4) is 22.5 Å². The van der Waals surface area contributed by atoms with Gasteiger partial charge in [0.25, 0.3) is 0 Å². The van der Waals surface area contributed by atoms with E-state index in [1.807, 2.05) is 48.7 Å². The van der Waals surface area contributed by atoms with E-state index in [0.717, 1.165) is 36.8 Å². The van der Waals surface area contributed by atoms with Crippen LogP contribution in [-0.4, -0.2) is 23.2 Å². The van der Waals surface area contributed by atoms with Gasteiger partial charge in [0, 0.05) is 48.8 Å². The van der Waals surface area contributed by atoms with E-state index in [1.54, 1.807) is 38.1 Å². The molecule has 0 aliphatic rings. The molecule has 3 heterocycles. The van der Waals surface area contributed by atoms with E-state index in [4.69, 9.17) is 1.37 Å². The van der Waals surface area contributed by atoms with Crippen molar-refractivity contribution in [3.63, 3.8) is 0 Å². The van der Waals surface area contributed by atoms with Gasteiger partial charge in [0.15, 0.2) is 0 Å². The Balaban J connectivity index is 0.000000209. The summed E-state index contributed by atoms with van der Waals surface area (Å²) in [5.74, 6) is 5.31. The summed E-state index contributed by atoms with van der Waals surface area (Å²) in [5, 5.41) is 3.36. The van der Waals surface area contributed by atoms with Crippen LogP contribution in [0.1, 0.15) is 26.7 Å². The number of thiophene rings is 1. The fourth-order valence-electron chi connectivity index (χ4n) is 5.25. The van der Waals surface area contributed by atoms with Crippen LogP contribution >= 0.6 is 11.3 Å². The third-order valence-corrected chi connectivity index (χ3v) is 13.2. The summed E-state index contributed by atoms with van der Waals surface area (Å²) in [6.45, 7) is 3.30. The van der Waals surface area contributed by atoms with Gasteiger partial charge in [-0.25, -0.2) is 8.78 Å². The van der Waals surface area contributed by atoms with Gasteiger partial charge in [0.1, 0.15) is 11.6 Å². The molecule has 0 aliphatic carbocycles. The van der Waals surface area contributed by atoms with Crippen LogP contribution in [0, 0.1) is 23.8 Å². The van der Waals surface area contributed by atoms with Gasteiger partial charge in [-0.3, -0.25) is 0 Å². The molecule has 0 bridgehead atoms. The Kier molecular flexibility index (Phi) is 9.58. The van der Waals surface area contributed by atoms with Gasteiger partial charge in [0.05, 0.1) is 0 Å². The minimum Gasteiger partial charge on any atom is 0 e. The summed E-state index contributed by atoms with van der Waals surface area (Å²) in [5.41, 5.74) is 3.13. The second-order valence-corrected chi connectivity index (χ2v) is 23.6. The van der Waals surface area contributed by atoms with Gasteiger partial charge in [-0.05, 0) is 33.7 Å². The van der Waals surface area contributed by atoms with Crippen molar-refractivity contribution < 1.29 is 30.3 Å². The third kappa shape index (κ3) is 6.66. The molecule has 0 aliphatic heterocycles. The molecule has 0 N–H and O–H groups in total. The molecule has 3 aromatic heterocycles. The molecule has 0 unspecified atom stereocenters. The predicted molar refractivity (Wildman–Crippen MR) is 184 cm³/mol. The number of halogens is 2. The number of nitrogens with zero attached hydrogens (tertiary/aromatic N) is 2. The van der Waals surface area contributed by atoms with Crippen molar-refractivity contribution in [2.45, 2.75) is 37.0 Å². The minimum absolute atomic E-state index is 0. The number of rotatable bonds is 4. The maximum absolute atomic E-state index is 15.3. The SMILES string of the molecule is [2H]C(C)(C)c1ccnc(-c2[c-]ccc3c2sc2c4cccc(F)c4ccc32)c1F.[CH3][Ge]([CH3])([CH3])[c]1ccc(-c2[c-]cccc2)nc1.[Ir]. The summed E-state index contributed by atoms with van der Waals surface area (Å²) >= 11 is -0.224. The van der Waals surface area contributed by atoms with Gasteiger partial charge in [-0.15, -0.1) is 23.8 Å². The average Bonchev–Trinajstić information content (AvgIpc) is 3.41. The Morgan fingerprint density at radius 3 is 2.22 bits per heavy atom. The Hall–Kier alpha value is -3.29. The van der Waals surface area contributed by atoms with Crippen LogP contribution in [-0.2, 0) is 20.1 Å². The summed E-state index contributed by atoms with van der Waals surface area (Å²) in [6, 6.07) is 32.6. The first-order valence-corrected chi connectivity index (χ1v) is 22.6. The van der Waals surface area contributed by atoms with Crippen LogP contribution in [0.25, 0.3) is 53.5 Å². The molecule has 4 aromatic carbocycles. The van der Waals surface area contributed by atoms with Crippen LogP contribution in [0.15, 0.2) is 97.3 Å². The number of hydrogen-bond donors (Lipinski definition) is 0. The van der Waals surface area contributed by atoms with Gasteiger partial charge >= 0.3 is 99.8 Å². The number of fused-ring (bicyclic) bond motifs is 5. The predicted octanol–water partition coefficient (Wildman–Crippen LogP) is 10.6. The summed E-state index contributed by atoms with van der Waals surface area (Å²) < 4.78 is 41.0. The van der Waals surface area contributed by atoms with Crippen molar-refractivity contribution in [1.29, 1.82) is 0 Å². The Morgan fingerprint density at radius 2 is 1.53 bits per heavy atom. The van der Waals surface area contributed by atoms with E-state index >= 15 is 4.39 Å². The van der Waals surface area contributed by atoms with Crippen LogP contribution in [0.5, 0.6) is 0 Å². The Morgan fingerprint density at radius 1 is 0.778 bits per heavy atom. The van der Waals surface area contributed by atoms with Crippen LogP contribution in [0.4, 0.5) is 8.78 Å². The van der Waals surface area contributed by atoms with Crippen molar-refractivity contribution >= 4 is 59.9 Å². The maximum Gasteiger partial charge on any atom is 0 e. The zero-order valence-electron chi connectivity index (χ0n) is 26.6. The van der Waals surface area contributed by atoms with E-state index in [2.05, 4.69) is 51.5 Å². The van der Waals surface area contributed by atoms with Gasteiger partial charge < -0.3 is 4.98 Å². The van der Waals surface area contributed by atoms with Gasteiger partial charge in [-0.2, -0.15) is 11.3 Å². The van der Waals surface area contributed by atoms with E-state index in [9.17, 15) is 4.39 Å². The zero-order valence-corrected chi connectivity index (χ0v) is 30.9. The number of aromatic nitrogens is 2. The topological polar surface area (TPSA) is 25.8 Å². The van der Waals surface area contributed by atoms with Crippen LogP contribution < -0.4 is 4.40 Å². The molecule has 0 fully saturated rings. The normalized spacial score (nSPS) is 12.0. The monoisotopic (exact) mass is 854 g/mol. The van der Waals surface area contributed by atoms with E-state index < -0.39 is 25.0 Å². The number of benzene rings is 4. The maximum atomic E-state index is 15.3. The molecule has 7 heteroatoms. The van der Waals surface area contributed by atoms with Gasteiger partial charge in [-0.1, -0.05) is 43.5 Å². The van der Waals surface area contributed by atoms with E-state index in [-0.39, 0.29) is 31.6 Å². The quantitative estimate of drug-likeness (QED) is 0.130. The van der Waals surface area contributed by atoms with Crippen LogP contribution in [0.2, 0.25) is 17.3 Å². The van der Waals surface area contributed by atoms with Crippen molar-refractivity contribution in [1.82, 2.24) is 9.97 Å². The molecule has 45 heavy (non-hydrogen) atoms. The number of pyridine rings is 2. The molecule has 1 radical (unpaired) electrons. The average molecular weight is 853 g/mol. The minimum atomic E-state index is -1.72. The molecule has 0 spiro atoms. The molecule has 0 saturated heterocycles. The van der Waals surface area contributed by atoms with E-state index in [1.165, 1.54) is 28.0 Å². The summed E-state index contributed by atoms with van der Waals surface area (Å²) in [7, 11) is 0. The summed E-state index contributed by atoms with van der Waals surface area (Å²) in [4.78, 5) is 8.81. The fraction of sp³-hybridized carbons (Fsp3) is 0.158. The second kappa shape index (κ2) is 13.6. The van der Waals surface area contributed by atoms with Crippen molar-refractivity contribution in [3.05, 3.63) is 127 Å². The molecular weight excluding hydrogens is 819 g/mol. The molecule has 229 valence electrons. The first-order chi connectivity index (χ1) is 21.4. The van der Waals surface area contributed by atoms with E-state index in [0.29, 0.717) is 16.5 Å². The second-order valence-electron chi connectivity index (χ2n) is 12.0. The molecule has 0 atom stereocenters. The Labute approximate surface area is 284 Å². The van der Waals surface area contributed by atoms with Crippen molar-refractivity contribution in [2.75, 3.05) is 0 Å².